The molecule has 0 radical (unpaired) electrons. The van der Waals surface area contributed by atoms with Crippen LogP contribution in [-0.2, 0) is 19.1 Å². The van der Waals surface area contributed by atoms with E-state index in [0.717, 1.165) is 19.6 Å². The Bertz CT molecular complexity index is 2050. The van der Waals surface area contributed by atoms with Crippen LogP contribution in [0.1, 0.15) is 91.2 Å². The number of nitrogens with one attached hydrogen (secondary N) is 3. The number of anilines is 1. The van der Waals surface area contributed by atoms with Crippen LogP contribution in [0.15, 0.2) is 42.5 Å². The first-order valence-electron chi connectivity index (χ1n) is 18.6. The number of aromatic amines is 1. The summed E-state index contributed by atoms with van der Waals surface area (Å²) in [7, 11) is 0. The monoisotopic (exact) mass is 808 g/mol. The normalized spacial score (nSPS) is 14.6. The summed E-state index contributed by atoms with van der Waals surface area (Å²) in [5.41, 5.74) is 4.63. The van der Waals surface area contributed by atoms with Crippen LogP contribution in [0.4, 0.5) is 5.69 Å². The number of ketones is 3. The van der Waals surface area contributed by atoms with Gasteiger partial charge in [0.05, 0.1) is 16.2 Å². The van der Waals surface area contributed by atoms with Gasteiger partial charge in [0.2, 0.25) is 5.78 Å². The number of aryl methyl sites for hydroxylation is 1. The first-order chi connectivity index (χ1) is 26.5. The maximum absolute atomic E-state index is 13.3. The molecule has 3 aromatic rings. The van der Waals surface area contributed by atoms with E-state index < -0.39 is 36.5 Å². The molecular formula is C42H50Cl2N4O8. The third kappa shape index (κ3) is 10.2. The minimum atomic E-state index is -1.02. The number of H-pyrrole nitrogens is 1. The summed E-state index contributed by atoms with van der Waals surface area (Å²) in [5, 5.41) is 5.83. The number of fused-ring (bicyclic) bond motifs is 1. The van der Waals surface area contributed by atoms with Crippen molar-refractivity contribution in [3.63, 3.8) is 0 Å². The number of allylic oxidation sites excluding steroid dienone is 1. The van der Waals surface area contributed by atoms with Crippen LogP contribution in [0.25, 0.3) is 11.6 Å². The molecule has 0 bridgehead atoms. The number of carbonyl (C=O) groups excluding carboxylic acids is 5. The number of aromatic nitrogens is 1. The topological polar surface area (TPSA) is 156 Å². The van der Waals surface area contributed by atoms with E-state index in [9.17, 15) is 24.0 Å². The Labute approximate surface area is 337 Å². The number of ether oxygens (including phenoxy) is 3. The van der Waals surface area contributed by atoms with E-state index in [1.54, 1.807) is 38.1 Å². The predicted molar refractivity (Wildman–Crippen MR) is 219 cm³/mol. The highest BCUT2D eigenvalue weighted by Gasteiger charge is 2.30. The molecule has 300 valence electrons. The Kier molecular flexibility index (Phi) is 15.2. The van der Waals surface area contributed by atoms with Crippen LogP contribution in [0.5, 0.6) is 11.5 Å². The molecule has 1 aliphatic heterocycles. The molecule has 56 heavy (non-hydrogen) atoms. The number of Topliss-reactive ketones (excluding diaryl/α,β-unsaturated/α-hetero) is 3. The highest BCUT2D eigenvalue weighted by Crippen LogP contribution is 2.38. The predicted octanol–water partition coefficient (Wildman–Crippen LogP) is 7.43. The van der Waals surface area contributed by atoms with Crippen molar-refractivity contribution in [3.05, 3.63) is 86.2 Å². The summed E-state index contributed by atoms with van der Waals surface area (Å²) in [5.74, 6) is -1.27. The van der Waals surface area contributed by atoms with Gasteiger partial charge in [-0.2, -0.15) is 0 Å². The Morgan fingerprint density at radius 1 is 0.964 bits per heavy atom. The Morgan fingerprint density at radius 3 is 2.32 bits per heavy atom. The number of benzene rings is 2. The molecule has 3 N–H and O–H groups in total. The van der Waals surface area contributed by atoms with Gasteiger partial charge >= 0.3 is 0 Å². The van der Waals surface area contributed by atoms with Gasteiger partial charge in [-0.3, -0.25) is 24.0 Å². The van der Waals surface area contributed by atoms with Gasteiger partial charge in [0, 0.05) is 41.3 Å². The number of likely N-dealkylation sites (N-methyl/N-ethyl adjacent to an activating group) is 1. The molecule has 0 saturated carbocycles. The second kappa shape index (κ2) is 19.4. The van der Waals surface area contributed by atoms with E-state index in [0.29, 0.717) is 63.6 Å². The van der Waals surface area contributed by atoms with Crippen molar-refractivity contribution in [2.75, 3.05) is 38.1 Å². The van der Waals surface area contributed by atoms with Gasteiger partial charge in [0.25, 0.3) is 11.8 Å². The Morgan fingerprint density at radius 2 is 1.66 bits per heavy atom. The summed E-state index contributed by atoms with van der Waals surface area (Å²) in [6.45, 7) is 20.6. The second-order valence-corrected chi connectivity index (χ2v) is 14.3. The first-order valence-corrected chi connectivity index (χ1v) is 19.4. The van der Waals surface area contributed by atoms with Crippen LogP contribution in [0, 0.1) is 13.8 Å². The fourth-order valence-electron chi connectivity index (χ4n) is 6.22. The van der Waals surface area contributed by atoms with Gasteiger partial charge in [-0.15, -0.1) is 0 Å². The van der Waals surface area contributed by atoms with Gasteiger partial charge < -0.3 is 34.7 Å². The standard InChI is InChI=1S/C42H50Cl2N4O8/c1-10-22(4)39(50)29-14-16-35(38(44)37(29)43)54-21-34(49)25(7)55-26(8)40(51)27(9)56-28-13-15-32-30(19-28)31(41(52)47-32)20-33-23(5)36(24(6)46-33)42(53)45-17-18-48(11-2)12-3/h13-16,19-20,25-27,46H,4,10-12,17-18,21H2,1-3,5-9H3,(H,45,53)(H,47,52)/b31-20-/t25?,26-,27?/m0/s1. The van der Waals surface area contributed by atoms with Gasteiger partial charge in [0.1, 0.15) is 35.3 Å². The van der Waals surface area contributed by atoms with Crippen molar-refractivity contribution in [1.29, 1.82) is 0 Å². The molecule has 0 fully saturated rings. The summed E-state index contributed by atoms with van der Waals surface area (Å²) in [4.78, 5) is 70.4. The molecule has 1 aromatic heterocycles. The first kappa shape index (κ1) is 44.0. The van der Waals surface area contributed by atoms with E-state index >= 15 is 0 Å². The molecule has 1 aliphatic rings. The van der Waals surface area contributed by atoms with Crippen molar-refractivity contribution in [2.45, 2.75) is 80.1 Å². The summed E-state index contributed by atoms with van der Waals surface area (Å²) in [6.07, 6.45) is -0.854. The zero-order valence-electron chi connectivity index (χ0n) is 33.1. The minimum absolute atomic E-state index is 0.00495. The SMILES string of the molecule is C=C(CC)C(=O)c1ccc(OCC(=O)C(C)O[C@@H](C)C(=O)C(C)Oc2ccc3c(c2)/C(=C/c2[nH]c(C)c(C(=O)NCCN(CC)CC)c2C)C(=O)N3)c(Cl)c1Cl. The molecule has 4 rings (SSSR count). The third-order valence-corrected chi connectivity index (χ3v) is 10.6. The van der Waals surface area contributed by atoms with Crippen molar-refractivity contribution in [3.8, 4) is 11.5 Å². The fraction of sp³-hybridized carbons (Fsp3) is 0.405. The highest BCUT2D eigenvalue weighted by atomic mass is 35.5. The van der Waals surface area contributed by atoms with Gasteiger partial charge in [-0.25, -0.2) is 0 Å². The average molecular weight is 810 g/mol. The zero-order valence-corrected chi connectivity index (χ0v) is 34.6. The fourth-order valence-corrected chi connectivity index (χ4v) is 6.68. The average Bonchev–Trinajstić information content (AvgIpc) is 3.64. The van der Waals surface area contributed by atoms with Crippen LogP contribution in [-0.4, -0.2) is 90.1 Å². The zero-order chi connectivity index (χ0) is 41.4. The maximum atomic E-state index is 13.3. The van der Waals surface area contributed by atoms with Gasteiger partial charge in [0.15, 0.2) is 17.7 Å². The number of carbonyl (C=O) groups is 5. The lowest BCUT2D eigenvalue weighted by atomic mass is 10.0. The molecule has 2 unspecified atom stereocenters. The van der Waals surface area contributed by atoms with Gasteiger partial charge in [-0.1, -0.05) is 50.6 Å². The molecule has 2 aromatic carbocycles. The summed E-state index contributed by atoms with van der Waals surface area (Å²) >= 11 is 12.7. The van der Waals surface area contributed by atoms with Crippen molar-refractivity contribution >= 4 is 69.7 Å². The summed E-state index contributed by atoms with van der Waals surface area (Å²) < 4.78 is 17.3. The molecule has 3 atom stereocenters. The Balaban J connectivity index is 1.38. The van der Waals surface area contributed by atoms with Crippen molar-refractivity contribution < 1.29 is 38.2 Å². The van der Waals surface area contributed by atoms with Gasteiger partial charge in [-0.05, 0) is 102 Å². The van der Waals surface area contributed by atoms with Crippen molar-refractivity contribution in [1.82, 2.24) is 15.2 Å². The van der Waals surface area contributed by atoms with E-state index in [-0.39, 0.29) is 39.0 Å². The lowest BCUT2D eigenvalue weighted by Crippen LogP contribution is -2.38. The number of hydrogen-bond acceptors (Lipinski definition) is 9. The number of hydrogen-bond donors (Lipinski definition) is 3. The molecule has 2 heterocycles. The third-order valence-electron chi connectivity index (χ3n) is 9.76. The quantitative estimate of drug-likeness (QED) is 0.0781. The largest absolute Gasteiger partial charge is 0.484 e. The van der Waals surface area contributed by atoms with E-state index in [1.165, 1.54) is 26.0 Å². The molecule has 0 aliphatic carbocycles. The van der Waals surface area contributed by atoms with E-state index in [2.05, 4.69) is 40.9 Å². The number of halogens is 2. The second-order valence-electron chi connectivity index (χ2n) is 13.5. The van der Waals surface area contributed by atoms with Crippen LogP contribution < -0.4 is 20.1 Å². The molecule has 0 spiro atoms. The smallest absolute Gasteiger partial charge is 0.256 e. The molecule has 0 saturated heterocycles. The molecule has 2 amide bonds. The van der Waals surface area contributed by atoms with Crippen LogP contribution in [0.3, 0.4) is 0 Å². The maximum Gasteiger partial charge on any atom is 0.256 e. The Hall–Kier alpha value is -4.75. The molecule has 12 nitrogen and oxygen atoms in total. The summed E-state index contributed by atoms with van der Waals surface area (Å²) in [6, 6.07) is 7.92. The van der Waals surface area contributed by atoms with Crippen LogP contribution >= 0.6 is 23.2 Å². The number of nitrogens with zero attached hydrogens (tertiary/aromatic N) is 1. The number of amides is 2. The van der Waals surface area contributed by atoms with E-state index in [1.807, 2.05) is 13.8 Å². The lowest BCUT2D eigenvalue weighted by Gasteiger charge is -2.21. The molecular weight excluding hydrogens is 759 g/mol. The lowest BCUT2D eigenvalue weighted by molar-refractivity contribution is -0.145. The minimum Gasteiger partial charge on any atom is -0.484 e. The highest BCUT2D eigenvalue weighted by molar-refractivity contribution is 6.45. The van der Waals surface area contributed by atoms with E-state index in [4.69, 9.17) is 37.4 Å². The number of rotatable bonds is 20. The van der Waals surface area contributed by atoms with Crippen LogP contribution in [0.2, 0.25) is 10.0 Å². The van der Waals surface area contributed by atoms with Crippen molar-refractivity contribution in [2.24, 2.45) is 0 Å². The molecule has 14 heteroatoms.